The Morgan fingerprint density at radius 1 is 1.24 bits per heavy atom. The summed E-state index contributed by atoms with van der Waals surface area (Å²) in [6.45, 7) is -2.74. The van der Waals surface area contributed by atoms with Crippen LogP contribution in [0.15, 0.2) is 11.0 Å². The topological polar surface area (TPSA) is 266 Å². The fourth-order valence-electron chi connectivity index (χ4n) is 3.24. The molecule has 1 aliphatic heterocycles. The number of rotatable bonds is 8. The van der Waals surface area contributed by atoms with E-state index in [0.29, 0.717) is 10.8 Å². The molecule has 1 aliphatic rings. The highest BCUT2D eigenvalue weighted by Gasteiger charge is 2.58. The van der Waals surface area contributed by atoms with E-state index in [0.717, 1.165) is 0 Å². The molecule has 1 fully saturated rings. The molecule has 0 amide bonds. The highest BCUT2D eigenvalue weighted by Crippen LogP contribution is 2.66. The van der Waals surface area contributed by atoms with E-state index in [1.807, 2.05) is 4.98 Å². The minimum Gasteiger partial charge on any atom is -0.386 e. The Labute approximate surface area is 202 Å². The van der Waals surface area contributed by atoms with E-state index in [9.17, 15) is 42.2 Å². The Morgan fingerprint density at radius 2 is 1.89 bits per heavy atom. The Bertz CT molecular complexity index is 1470. The number of aliphatic hydroxyl groups is 1. The number of aromatic nitrogens is 3. The van der Waals surface area contributed by atoms with Crippen molar-refractivity contribution < 1.29 is 69.4 Å². The van der Waals surface area contributed by atoms with Crippen LogP contribution in [-0.4, -0.2) is 70.4 Å². The third-order valence-corrected chi connectivity index (χ3v) is 8.32. The van der Waals surface area contributed by atoms with Gasteiger partial charge in [0, 0.05) is 6.20 Å². The van der Waals surface area contributed by atoms with Crippen LogP contribution in [-0.2, 0) is 31.6 Å². The predicted octanol–water partition coefficient (Wildman–Crippen LogP) is -0.271. The van der Waals surface area contributed by atoms with E-state index in [-0.39, 0.29) is 0 Å². The zero-order valence-corrected chi connectivity index (χ0v) is 20.4. The molecular formula is C14H16F3N4O13P3. The number of hydrogen-bond donors (Lipinski definition) is 7. The van der Waals surface area contributed by atoms with Gasteiger partial charge in [-0.15, -0.1) is 0 Å². The van der Waals surface area contributed by atoms with E-state index in [4.69, 9.17) is 20.3 Å². The molecule has 0 spiro atoms. The van der Waals surface area contributed by atoms with Gasteiger partial charge in [0.2, 0.25) is 11.6 Å². The number of nitrogens with two attached hydrogens (primary N) is 1. The molecule has 37 heavy (non-hydrogen) atoms. The minimum absolute atomic E-state index is 0.528. The largest absolute Gasteiger partial charge is 0.490 e. The molecular weight excluding hydrogens is 582 g/mol. The number of phosphoric ester groups is 1. The first-order chi connectivity index (χ1) is 16.9. The third-order valence-electron chi connectivity index (χ3n) is 4.52. The molecule has 8 N–H and O–H groups in total. The lowest BCUT2D eigenvalue weighted by Crippen LogP contribution is -2.42. The van der Waals surface area contributed by atoms with Crippen molar-refractivity contribution in [2.45, 2.75) is 24.1 Å². The number of alkyl halides is 2. The number of nitrogens with one attached hydrogen (secondary N) is 1. The molecule has 3 unspecified atom stereocenters. The van der Waals surface area contributed by atoms with Gasteiger partial charge < -0.3 is 35.2 Å². The maximum Gasteiger partial charge on any atom is 0.490 e. The molecule has 17 nitrogen and oxygen atoms in total. The SMILES string of the molecule is Nc1nc2c(c(F)cn2[C@@H]2O[C@H](COP(=O)(O)OP(=O)(O)OP(=O)(O)O)[C@H](O)C2(F)C#CCF)c(=O)[nH]1. The van der Waals surface area contributed by atoms with Crippen LogP contribution >= 0.6 is 23.5 Å². The normalized spacial score (nSPS) is 27.4. The molecule has 0 aliphatic carbocycles. The molecule has 23 heteroatoms. The van der Waals surface area contributed by atoms with Gasteiger partial charge in [-0.3, -0.25) is 18.9 Å². The minimum atomic E-state index is -5.89. The fourth-order valence-corrected chi connectivity index (χ4v) is 6.27. The summed E-state index contributed by atoms with van der Waals surface area (Å²) in [6.07, 6.45) is -6.12. The van der Waals surface area contributed by atoms with E-state index < -0.39 is 89.2 Å². The molecule has 0 bridgehead atoms. The van der Waals surface area contributed by atoms with Crippen LogP contribution in [0.4, 0.5) is 19.1 Å². The fraction of sp³-hybridized carbons (Fsp3) is 0.429. The van der Waals surface area contributed by atoms with Crippen LogP contribution in [0.5, 0.6) is 0 Å². The van der Waals surface area contributed by atoms with Crippen molar-refractivity contribution in [3.63, 3.8) is 0 Å². The standard InChI is InChI=1S/C14H16F3N4O13P3/c15-3-1-2-14(17)9(22)7(5-31-36(27,28)34-37(29,30)33-35(24,25)26)32-12(14)21-4-6(16)8-10(21)19-13(18)20-11(8)23/h4,7,9,12,22H,3,5H2,(H,27,28)(H,29,30)(H2,24,25,26)(H3,18,19,20,23)/t7-,9+,12-,14?/m1/s1. The molecule has 3 heterocycles. The summed E-state index contributed by atoms with van der Waals surface area (Å²) in [5.41, 5.74) is 0.473. The van der Waals surface area contributed by atoms with Gasteiger partial charge in [-0.05, 0) is 0 Å². The molecule has 6 atom stereocenters. The molecule has 0 radical (unpaired) electrons. The molecule has 1 saturated heterocycles. The molecule has 3 rings (SSSR count). The molecule has 0 saturated carbocycles. The highest BCUT2D eigenvalue weighted by atomic mass is 31.3. The number of nitrogens with zero attached hydrogens (tertiary/aromatic N) is 2. The van der Waals surface area contributed by atoms with Gasteiger partial charge in [-0.1, -0.05) is 11.8 Å². The highest BCUT2D eigenvalue weighted by molar-refractivity contribution is 7.66. The van der Waals surface area contributed by atoms with Gasteiger partial charge in [0.25, 0.3) is 5.56 Å². The van der Waals surface area contributed by atoms with Crippen LogP contribution in [0, 0.1) is 17.7 Å². The molecule has 2 aromatic rings. The number of nitrogen functional groups attached to an aromatic ring is 1. The third kappa shape index (κ3) is 6.49. The zero-order chi connectivity index (χ0) is 28.0. The first kappa shape index (κ1) is 29.5. The van der Waals surface area contributed by atoms with Gasteiger partial charge in [0.15, 0.2) is 17.7 Å². The number of anilines is 1. The van der Waals surface area contributed by atoms with Gasteiger partial charge in [-0.2, -0.15) is 13.6 Å². The molecule has 0 aromatic carbocycles. The smallest absolute Gasteiger partial charge is 0.386 e. The van der Waals surface area contributed by atoms with Crippen molar-refractivity contribution in [2.75, 3.05) is 19.0 Å². The monoisotopic (exact) mass is 598 g/mol. The number of fused-ring (bicyclic) bond motifs is 1. The number of aliphatic hydroxyl groups excluding tert-OH is 1. The van der Waals surface area contributed by atoms with Crippen molar-refractivity contribution in [1.29, 1.82) is 0 Å². The van der Waals surface area contributed by atoms with Crippen LogP contribution in [0.1, 0.15) is 6.23 Å². The average Bonchev–Trinajstić information content (AvgIpc) is 3.16. The predicted molar refractivity (Wildman–Crippen MR) is 112 cm³/mol. The number of H-pyrrole nitrogens is 1. The summed E-state index contributed by atoms with van der Waals surface area (Å²) in [6, 6.07) is 0. The summed E-state index contributed by atoms with van der Waals surface area (Å²) in [4.78, 5) is 53.5. The van der Waals surface area contributed by atoms with Crippen molar-refractivity contribution in [3.8, 4) is 11.8 Å². The van der Waals surface area contributed by atoms with Gasteiger partial charge in [-0.25, -0.2) is 26.9 Å². The van der Waals surface area contributed by atoms with Crippen molar-refractivity contribution >= 4 is 40.4 Å². The summed E-state index contributed by atoms with van der Waals surface area (Å²) in [5, 5.41) is 9.76. The van der Waals surface area contributed by atoms with E-state index in [1.165, 1.54) is 0 Å². The first-order valence-corrected chi connectivity index (χ1v) is 13.8. The summed E-state index contributed by atoms with van der Waals surface area (Å²) >= 11 is 0. The zero-order valence-electron chi connectivity index (χ0n) is 17.7. The second-order valence-corrected chi connectivity index (χ2v) is 11.5. The second kappa shape index (κ2) is 10.2. The number of ether oxygens (including phenoxy) is 1. The number of aromatic amines is 1. The molecule has 206 valence electrons. The van der Waals surface area contributed by atoms with E-state index >= 15 is 4.39 Å². The Hall–Kier alpha value is -2.10. The average molecular weight is 598 g/mol. The van der Waals surface area contributed by atoms with Gasteiger partial charge in [0.1, 0.15) is 24.3 Å². The lowest BCUT2D eigenvalue weighted by atomic mass is 9.96. The van der Waals surface area contributed by atoms with Crippen molar-refractivity contribution in [1.82, 2.24) is 14.5 Å². The first-order valence-electron chi connectivity index (χ1n) is 9.32. The van der Waals surface area contributed by atoms with Crippen LogP contribution in [0.25, 0.3) is 11.0 Å². The van der Waals surface area contributed by atoms with Crippen LogP contribution < -0.4 is 11.3 Å². The quantitative estimate of drug-likeness (QED) is 0.152. The summed E-state index contributed by atoms with van der Waals surface area (Å²) in [7, 11) is -17.3. The van der Waals surface area contributed by atoms with Gasteiger partial charge >= 0.3 is 23.5 Å². The molecule has 2 aromatic heterocycles. The number of halogens is 3. The Morgan fingerprint density at radius 3 is 2.49 bits per heavy atom. The summed E-state index contributed by atoms with van der Waals surface area (Å²) in [5.74, 6) is 1.67. The van der Waals surface area contributed by atoms with Crippen LogP contribution in [0.3, 0.4) is 0 Å². The van der Waals surface area contributed by atoms with E-state index in [1.54, 1.807) is 11.8 Å². The van der Waals surface area contributed by atoms with Crippen LogP contribution in [0.2, 0.25) is 0 Å². The maximum absolute atomic E-state index is 15.9. The lowest BCUT2D eigenvalue weighted by molar-refractivity contribution is -0.0495. The number of hydrogen-bond acceptors (Lipinski definition) is 11. The lowest BCUT2D eigenvalue weighted by Gasteiger charge is -2.24. The number of phosphoric acid groups is 3. The van der Waals surface area contributed by atoms with E-state index in [2.05, 4.69) is 18.1 Å². The summed E-state index contributed by atoms with van der Waals surface area (Å²) < 4.78 is 94.2. The van der Waals surface area contributed by atoms with Crippen molar-refractivity contribution in [2.24, 2.45) is 0 Å². The Kier molecular flexibility index (Phi) is 8.14. The second-order valence-electron chi connectivity index (χ2n) is 7.10. The van der Waals surface area contributed by atoms with Crippen molar-refractivity contribution in [3.05, 3.63) is 22.4 Å². The Balaban J connectivity index is 1.93. The van der Waals surface area contributed by atoms with Gasteiger partial charge in [0.05, 0.1) is 6.61 Å². The maximum atomic E-state index is 15.9.